The maximum Gasteiger partial charge on any atom is 0.337 e. The molecule has 3 aliphatic rings. The average Bonchev–Trinajstić information content (AvgIpc) is 3.59. The van der Waals surface area contributed by atoms with E-state index in [1.54, 1.807) is 6.20 Å². The van der Waals surface area contributed by atoms with Crippen LogP contribution in [0, 0.1) is 11.7 Å². The summed E-state index contributed by atoms with van der Waals surface area (Å²) in [7, 11) is 0. The first-order valence-electron chi connectivity index (χ1n) is 13.0. The molecule has 2 atom stereocenters. The summed E-state index contributed by atoms with van der Waals surface area (Å²) in [4.78, 5) is 47.9. The summed E-state index contributed by atoms with van der Waals surface area (Å²) in [5.74, 6) is -0.386. The maximum absolute atomic E-state index is 13.6. The fourth-order valence-electron chi connectivity index (χ4n) is 5.70. The molecule has 10 nitrogen and oxygen atoms in total. The van der Waals surface area contributed by atoms with Gasteiger partial charge >= 0.3 is 12.0 Å². The quantitative estimate of drug-likeness (QED) is 0.491. The van der Waals surface area contributed by atoms with Crippen molar-refractivity contribution in [2.24, 2.45) is 5.92 Å². The molecule has 3 aliphatic heterocycles. The Labute approximate surface area is 224 Å². The largest absolute Gasteiger partial charge is 0.491 e. The third kappa shape index (κ3) is 4.08. The highest BCUT2D eigenvalue weighted by atomic mass is 19.1. The minimum atomic E-state index is -0.845. The highest BCUT2D eigenvalue weighted by Crippen LogP contribution is 2.40. The number of anilines is 3. The average molecular weight is 534 g/mol. The molecule has 1 aromatic heterocycles. The Bertz CT molecular complexity index is 1470. The van der Waals surface area contributed by atoms with E-state index in [-0.39, 0.29) is 5.92 Å². The van der Waals surface area contributed by atoms with Crippen LogP contribution in [-0.2, 0) is 16.1 Å². The Morgan fingerprint density at radius 1 is 1.10 bits per heavy atom. The number of aromatic nitrogens is 2. The lowest BCUT2D eigenvalue weighted by Gasteiger charge is -2.24. The SMILES string of the molecule is CC(C)C1C(=O)N(c2ccc(F)cc2)C(=O)N1c1cn2c(n1)-c1ccc(N3CCC[C@H]3C(=O)O)cc1OCC2. The number of benzene rings is 2. The van der Waals surface area contributed by atoms with Gasteiger partial charge in [0, 0.05) is 24.5 Å². The summed E-state index contributed by atoms with van der Waals surface area (Å²) in [6.45, 7) is 5.21. The van der Waals surface area contributed by atoms with Gasteiger partial charge in [0.1, 0.15) is 36.1 Å². The molecule has 0 aliphatic carbocycles. The number of imidazole rings is 1. The Morgan fingerprint density at radius 2 is 1.85 bits per heavy atom. The van der Waals surface area contributed by atoms with Crippen LogP contribution in [0.3, 0.4) is 0 Å². The smallest absolute Gasteiger partial charge is 0.337 e. The van der Waals surface area contributed by atoms with Gasteiger partial charge in [0.15, 0.2) is 5.82 Å². The molecule has 1 unspecified atom stereocenters. The van der Waals surface area contributed by atoms with Gasteiger partial charge < -0.3 is 19.3 Å². The summed E-state index contributed by atoms with van der Waals surface area (Å²) >= 11 is 0. The van der Waals surface area contributed by atoms with Crippen LogP contribution in [0.2, 0.25) is 0 Å². The van der Waals surface area contributed by atoms with E-state index in [4.69, 9.17) is 9.72 Å². The minimum Gasteiger partial charge on any atom is -0.491 e. The van der Waals surface area contributed by atoms with Gasteiger partial charge in [-0.05, 0) is 55.2 Å². The van der Waals surface area contributed by atoms with Crippen molar-refractivity contribution in [2.75, 3.05) is 27.9 Å². The fourth-order valence-corrected chi connectivity index (χ4v) is 5.70. The van der Waals surface area contributed by atoms with Crippen LogP contribution < -0.4 is 19.4 Å². The van der Waals surface area contributed by atoms with Crippen molar-refractivity contribution < 1.29 is 28.6 Å². The second kappa shape index (κ2) is 9.40. The van der Waals surface area contributed by atoms with Crippen LogP contribution in [-0.4, -0.2) is 57.8 Å². The maximum atomic E-state index is 13.6. The molecule has 4 heterocycles. The number of hydrogen-bond donors (Lipinski definition) is 1. The van der Waals surface area contributed by atoms with Crippen LogP contribution in [0.5, 0.6) is 5.75 Å². The number of carboxylic acid groups (broad SMARTS) is 1. The van der Waals surface area contributed by atoms with Crippen LogP contribution in [0.4, 0.5) is 26.4 Å². The predicted octanol–water partition coefficient (Wildman–Crippen LogP) is 4.13. The van der Waals surface area contributed by atoms with Crippen molar-refractivity contribution in [3.8, 4) is 17.1 Å². The number of carboxylic acids is 1. The molecular weight excluding hydrogens is 505 g/mol. The molecule has 202 valence electrons. The van der Waals surface area contributed by atoms with E-state index < -0.39 is 35.8 Å². The third-order valence-corrected chi connectivity index (χ3v) is 7.54. The van der Waals surface area contributed by atoms with Gasteiger partial charge in [0.2, 0.25) is 0 Å². The number of carbonyl (C=O) groups excluding carboxylic acids is 2. The van der Waals surface area contributed by atoms with E-state index in [9.17, 15) is 23.9 Å². The number of fused-ring (bicyclic) bond motifs is 3. The Kier molecular flexibility index (Phi) is 6.00. The van der Waals surface area contributed by atoms with Crippen LogP contribution in [0.15, 0.2) is 48.7 Å². The lowest BCUT2D eigenvalue weighted by atomic mass is 10.0. The summed E-state index contributed by atoms with van der Waals surface area (Å²) in [6, 6.07) is 8.94. The number of carbonyl (C=O) groups is 3. The summed E-state index contributed by atoms with van der Waals surface area (Å²) in [5.41, 5.74) is 1.78. The standard InChI is InChI=1S/C28H28FN5O5/c1-16(2)24-26(35)33(18-7-5-17(29)6-8-18)28(38)34(24)23-15-31-12-13-39-22-14-19(9-10-20(22)25(31)30-23)32-11-3-4-21(32)27(36)37/h5-10,14-16,21,24H,3-4,11-13H2,1-2H3,(H,36,37)/t21-,24?/m0/s1. The van der Waals surface area contributed by atoms with E-state index in [0.717, 1.165) is 17.0 Å². The number of ether oxygens (including phenoxy) is 1. The summed E-state index contributed by atoms with van der Waals surface area (Å²) in [6.07, 6.45) is 3.14. The molecule has 2 fully saturated rings. The molecule has 0 radical (unpaired) electrons. The van der Waals surface area contributed by atoms with Crippen molar-refractivity contribution in [2.45, 2.75) is 45.3 Å². The van der Waals surface area contributed by atoms with Gasteiger partial charge in [-0.2, -0.15) is 0 Å². The molecule has 11 heteroatoms. The van der Waals surface area contributed by atoms with Crippen molar-refractivity contribution in [3.63, 3.8) is 0 Å². The lowest BCUT2D eigenvalue weighted by Crippen LogP contribution is -2.39. The van der Waals surface area contributed by atoms with Crippen molar-refractivity contribution in [3.05, 3.63) is 54.5 Å². The van der Waals surface area contributed by atoms with Crippen molar-refractivity contribution in [1.29, 1.82) is 0 Å². The molecule has 39 heavy (non-hydrogen) atoms. The Hall–Kier alpha value is -4.41. The van der Waals surface area contributed by atoms with Gasteiger partial charge in [-0.25, -0.2) is 23.9 Å². The molecule has 3 amide bonds. The minimum absolute atomic E-state index is 0.200. The molecule has 2 aromatic carbocycles. The number of nitrogens with zero attached hydrogens (tertiary/aromatic N) is 5. The lowest BCUT2D eigenvalue weighted by molar-refractivity contribution is -0.138. The third-order valence-electron chi connectivity index (χ3n) is 7.54. The number of hydrogen-bond acceptors (Lipinski definition) is 6. The Balaban J connectivity index is 1.37. The van der Waals surface area contributed by atoms with E-state index in [2.05, 4.69) is 0 Å². The number of urea groups is 1. The van der Waals surface area contributed by atoms with Gasteiger partial charge in [-0.15, -0.1) is 0 Å². The van der Waals surface area contributed by atoms with Crippen LogP contribution in [0.25, 0.3) is 11.4 Å². The first-order chi connectivity index (χ1) is 18.7. The number of amides is 3. The number of rotatable bonds is 5. The van der Waals surface area contributed by atoms with E-state index >= 15 is 0 Å². The van der Waals surface area contributed by atoms with Crippen LogP contribution in [0.1, 0.15) is 26.7 Å². The molecule has 0 bridgehead atoms. The van der Waals surface area contributed by atoms with Gasteiger partial charge in [-0.1, -0.05) is 13.8 Å². The number of imide groups is 1. The number of aliphatic carboxylic acids is 1. The zero-order chi connectivity index (χ0) is 27.4. The molecule has 0 spiro atoms. The second-order valence-electron chi connectivity index (χ2n) is 10.3. The zero-order valence-electron chi connectivity index (χ0n) is 21.6. The molecule has 0 saturated carbocycles. The van der Waals surface area contributed by atoms with E-state index in [1.807, 2.05) is 41.5 Å². The Morgan fingerprint density at radius 3 is 2.56 bits per heavy atom. The molecule has 1 N–H and O–H groups in total. The first-order valence-corrected chi connectivity index (χ1v) is 13.0. The van der Waals surface area contributed by atoms with Crippen molar-refractivity contribution >= 4 is 35.1 Å². The van der Waals surface area contributed by atoms with Crippen LogP contribution >= 0.6 is 0 Å². The van der Waals surface area contributed by atoms with Gasteiger partial charge in [0.05, 0.1) is 17.8 Å². The van der Waals surface area contributed by atoms with Gasteiger partial charge in [-0.3, -0.25) is 9.69 Å². The summed E-state index contributed by atoms with van der Waals surface area (Å²) < 4.78 is 21.4. The predicted molar refractivity (Wildman–Crippen MR) is 142 cm³/mol. The van der Waals surface area contributed by atoms with E-state index in [1.165, 1.54) is 29.2 Å². The van der Waals surface area contributed by atoms with Gasteiger partial charge in [0.25, 0.3) is 5.91 Å². The second-order valence-corrected chi connectivity index (χ2v) is 10.3. The molecule has 6 rings (SSSR count). The number of halogens is 1. The fraction of sp³-hybridized carbons (Fsp3) is 0.357. The zero-order valence-corrected chi connectivity index (χ0v) is 21.6. The normalized spacial score (nSPS) is 20.8. The monoisotopic (exact) mass is 533 g/mol. The molecule has 3 aromatic rings. The first kappa shape index (κ1) is 24.9. The molecular formula is C28H28FN5O5. The van der Waals surface area contributed by atoms with E-state index in [0.29, 0.717) is 54.8 Å². The van der Waals surface area contributed by atoms with Crippen molar-refractivity contribution in [1.82, 2.24) is 9.55 Å². The molecule has 2 saturated heterocycles. The highest BCUT2D eigenvalue weighted by Gasteiger charge is 2.49. The highest BCUT2D eigenvalue weighted by molar-refractivity contribution is 6.28. The topological polar surface area (TPSA) is 108 Å². The summed E-state index contributed by atoms with van der Waals surface area (Å²) in [5, 5.41) is 9.61.